The zero-order valence-corrected chi connectivity index (χ0v) is 15.1. The number of nitrogens with one attached hydrogen (secondary N) is 1. The maximum atomic E-state index is 13.0. The molecule has 3 rings (SSSR count). The molecule has 0 saturated carbocycles. The van der Waals surface area contributed by atoms with Gasteiger partial charge in [-0.15, -0.1) is 0 Å². The third-order valence-electron chi connectivity index (χ3n) is 3.91. The van der Waals surface area contributed by atoms with Gasteiger partial charge < -0.3 is 20.9 Å². The summed E-state index contributed by atoms with van der Waals surface area (Å²) in [6.45, 7) is -0.0252. The Balaban J connectivity index is 1.81. The van der Waals surface area contributed by atoms with Crippen molar-refractivity contribution in [3.05, 3.63) is 72.2 Å². The molecule has 6 nitrogen and oxygen atoms in total. The molecule has 28 heavy (non-hydrogen) atoms. The summed E-state index contributed by atoms with van der Waals surface area (Å²) in [6.07, 6.45) is 0.394. The van der Waals surface area contributed by atoms with Gasteiger partial charge in [0.25, 0.3) is 0 Å². The van der Waals surface area contributed by atoms with Crippen LogP contribution in [-0.2, 0) is 11.2 Å². The highest BCUT2D eigenvalue weighted by molar-refractivity contribution is 5.79. The van der Waals surface area contributed by atoms with Crippen molar-refractivity contribution in [3.8, 4) is 22.8 Å². The van der Waals surface area contributed by atoms with Crippen LogP contribution in [0, 0.1) is 5.82 Å². The number of anilines is 1. The Morgan fingerprint density at radius 1 is 1.07 bits per heavy atom. The summed E-state index contributed by atoms with van der Waals surface area (Å²) in [5.41, 5.74) is 8.10. The van der Waals surface area contributed by atoms with E-state index in [-0.39, 0.29) is 19.0 Å². The van der Waals surface area contributed by atoms with Crippen LogP contribution >= 0.6 is 0 Å². The molecule has 4 N–H and O–H groups in total. The molecular weight excluding hydrogens is 361 g/mol. The molecule has 0 aliphatic carbocycles. The Bertz CT molecular complexity index is 944. The number of carbonyl (C=O) groups excluding carboxylic acids is 1. The van der Waals surface area contributed by atoms with E-state index in [0.29, 0.717) is 35.0 Å². The van der Waals surface area contributed by atoms with Gasteiger partial charge in [0.2, 0.25) is 5.91 Å². The summed E-state index contributed by atoms with van der Waals surface area (Å²) in [4.78, 5) is 15.6. The minimum absolute atomic E-state index is 0.00641. The minimum Gasteiger partial charge on any atom is -0.457 e. The zero-order valence-electron chi connectivity index (χ0n) is 15.1. The average Bonchev–Trinajstić information content (AvgIpc) is 2.69. The van der Waals surface area contributed by atoms with Gasteiger partial charge in [0.15, 0.2) is 0 Å². The molecule has 0 bridgehead atoms. The smallest absolute Gasteiger partial charge is 0.236 e. The van der Waals surface area contributed by atoms with Crippen molar-refractivity contribution in [2.45, 2.75) is 6.42 Å². The average molecular weight is 381 g/mol. The molecule has 0 saturated heterocycles. The molecule has 0 unspecified atom stereocenters. The highest BCUT2D eigenvalue weighted by Gasteiger charge is 2.07. The van der Waals surface area contributed by atoms with Crippen molar-refractivity contribution in [1.29, 1.82) is 0 Å². The van der Waals surface area contributed by atoms with E-state index in [2.05, 4.69) is 10.3 Å². The summed E-state index contributed by atoms with van der Waals surface area (Å²) >= 11 is 0. The second-order valence-electron chi connectivity index (χ2n) is 6.11. The number of amides is 1. The number of nitrogens with two attached hydrogens (primary N) is 1. The van der Waals surface area contributed by atoms with Crippen molar-refractivity contribution in [3.63, 3.8) is 0 Å². The minimum atomic E-state index is -0.468. The number of rotatable bonds is 8. The molecule has 0 fully saturated rings. The molecule has 144 valence electrons. The fraction of sp³-hybridized carbons (Fsp3) is 0.143. The van der Waals surface area contributed by atoms with E-state index in [1.54, 1.807) is 36.4 Å². The van der Waals surface area contributed by atoms with E-state index in [4.69, 9.17) is 10.5 Å². The summed E-state index contributed by atoms with van der Waals surface area (Å²) in [6, 6.07) is 16.6. The van der Waals surface area contributed by atoms with Crippen LogP contribution in [0.25, 0.3) is 11.3 Å². The van der Waals surface area contributed by atoms with Gasteiger partial charge in [-0.25, -0.2) is 4.39 Å². The number of hydrogen-bond acceptors (Lipinski definition) is 5. The maximum absolute atomic E-state index is 13.0. The van der Waals surface area contributed by atoms with Gasteiger partial charge in [-0.05, 0) is 60.7 Å². The lowest BCUT2D eigenvalue weighted by atomic mass is 10.1. The van der Waals surface area contributed by atoms with Crippen molar-refractivity contribution < 1.29 is 19.0 Å². The molecule has 1 aromatic heterocycles. The van der Waals surface area contributed by atoms with Crippen LogP contribution in [0.5, 0.6) is 11.5 Å². The Morgan fingerprint density at radius 3 is 2.32 bits per heavy atom. The fourth-order valence-corrected chi connectivity index (χ4v) is 2.60. The molecule has 7 heteroatoms. The number of aromatic nitrogens is 1. The van der Waals surface area contributed by atoms with E-state index < -0.39 is 5.91 Å². The van der Waals surface area contributed by atoms with Crippen LogP contribution in [-0.4, -0.2) is 29.1 Å². The number of halogens is 1. The monoisotopic (exact) mass is 381 g/mol. The largest absolute Gasteiger partial charge is 0.457 e. The number of primary amides is 1. The van der Waals surface area contributed by atoms with Crippen LogP contribution in [0.1, 0.15) is 5.69 Å². The predicted molar refractivity (Wildman–Crippen MR) is 105 cm³/mol. The molecule has 1 amide bonds. The SMILES string of the molecule is NC(=O)CNc1cc(CCO)nc(-c2ccc(Oc3ccc(F)cc3)cc2)c1. The second kappa shape index (κ2) is 8.96. The fourth-order valence-electron chi connectivity index (χ4n) is 2.60. The van der Waals surface area contributed by atoms with Gasteiger partial charge in [0.1, 0.15) is 17.3 Å². The van der Waals surface area contributed by atoms with E-state index in [1.807, 2.05) is 12.1 Å². The molecule has 2 aromatic carbocycles. The van der Waals surface area contributed by atoms with E-state index in [0.717, 1.165) is 5.56 Å². The van der Waals surface area contributed by atoms with Crippen molar-refractivity contribution in [2.75, 3.05) is 18.5 Å². The number of aliphatic hydroxyl groups excluding tert-OH is 1. The highest BCUT2D eigenvalue weighted by atomic mass is 19.1. The Morgan fingerprint density at radius 2 is 1.71 bits per heavy atom. The van der Waals surface area contributed by atoms with Crippen LogP contribution in [0.2, 0.25) is 0 Å². The quantitative estimate of drug-likeness (QED) is 0.557. The second-order valence-corrected chi connectivity index (χ2v) is 6.11. The number of pyridine rings is 1. The first-order chi connectivity index (χ1) is 13.5. The Hall–Kier alpha value is -3.45. The lowest BCUT2D eigenvalue weighted by Gasteiger charge is -2.11. The summed E-state index contributed by atoms with van der Waals surface area (Å²) in [7, 11) is 0. The van der Waals surface area contributed by atoms with Gasteiger partial charge in [-0.3, -0.25) is 9.78 Å². The molecule has 0 aliphatic heterocycles. The summed E-state index contributed by atoms with van der Waals surface area (Å²) < 4.78 is 18.7. The number of benzene rings is 2. The maximum Gasteiger partial charge on any atom is 0.236 e. The normalized spacial score (nSPS) is 10.5. The van der Waals surface area contributed by atoms with Gasteiger partial charge in [-0.2, -0.15) is 0 Å². The lowest BCUT2D eigenvalue weighted by molar-refractivity contribution is -0.116. The molecule has 1 heterocycles. The van der Waals surface area contributed by atoms with Crippen molar-refractivity contribution in [2.24, 2.45) is 5.73 Å². The van der Waals surface area contributed by atoms with Gasteiger partial charge >= 0.3 is 0 Å². The van der Waals surface area contributed by atoms with Crippen molar-refractivity contribution >= 4 is 11.6 Å². The van der Waals surface area contributed by atoms with Gasteiger partial charge in [-0.1, -0.05) is 0 Å². The Kier molecular flexibility index (Phi) is 6.18. The van der Waals surface area contributed by atoms with Crippen LogP contribution in [0.4, 0.5) is 10.1 Å². The van der Waals surface area contributed by atoms with Gasteiger partial charge in [0, 0.05) is 30.0 Å². The van der Waals surface area contributed by atoms with Crippen molar-refractivity contribution in [1.82, 2.24) is 4.98 Å². The molecular formula is C21H20FN3O3. The van der Waals surface area contributed by atoms with E-state index >= 15 is 0 Å². The number of nitrogens with zero attached hydrogens (tertiary/aromatic N) is 1. The predicted octanol–water partition coefficient (Wildman–Crippen LogP) is 3.11. The molecule has 0 atom stereocenters. The highest BCUT2D eigenvalue weighted by Crippen LogP contribution is 2.27. The third kappa shape index (κ3) is 5.28. The Labute approximate surface area is 161 Å². The molecule has 0 radical (unpaired) electrons. The molecule has 3 aromatic rings. The number of carbonyl (C=O) groups is 1. The first-order valence-electron chi connectivity index (χ1n) is 8.71. The van der Waals surface area contributed by atoms with E-state index in [1.165, 1.54) is 12.1 Å². The summed E-state index contributed by atoms with van der Waals surface area (Å²) in [5, 5.41) is 12.2. The standard InChI is InChI=1S/C21H20FN3O3/c22-15-3-7-19(8-4-15)28-18-5-1-14(2-6-18)20-12-17(24-13-21(23)27)11-16(25-20)9-10-26/h1-8,11-12,26H,9-10,13H2,(H2,23,27)(H,24,25). The zero-order chi connectivity index (χ0) is 19.9. The van der Waals surface area contributed by atoms with Crippen LogP contribution in [0.15, 0.2) is 60.7 Å². The number of aliphatic hydroxyl groups is 1. The van der Waals surface area contributed by atoms with Crippen LogP contribution < -0.4 is 15.8 Å². The summed E-state index contributed by atoms with van der Waals surface area (Å²) in [5.74, 6) is 0.353. The lowest BCUT2D eigenvalue weighted by Crippen LogP contribution is -2.22. The first-order valence-corrected chi connectivity index (χ1v) is 8.71. The third-order valence-corrected chi connectivity index (χ3v) is 3.91. The first kappa shape index (κ1) is 19.3. The topological polar surface area (TPSA) is 97.5 Å². The van der Waals surface area contributed by atoms with E-state index in [9.17, 15) is 14.3 Å². The number of hydrogen-bond donors (Lipinski definition) is 3. The molecule has 0 aliphatic rings. The molecule has 0 spiro atoms. The van der Waals surface area contributed by atoms with Crippen LogP contribution in [0.3, 0.4) is 0 Å². The van der Waals surface area contributed by atoms with Gasteiger partial charge in [0.05, 0.1) is 12.2 Å². The number of ether oxygens (including phenoxy) is 1.